The van der Waals surface area contributed by atoms with Crippen molar-refractivity contribution in [3.63, 3.8) is 0 Å². The number of aliphatic hydroxyl groups is 3. The lowest BCUT2D eigenvalue weighted by Crippen LogP contribution is -2.48. The summed E-state index contributed by atoms with van der Waals surface area (Å²) in [5, 5.41) is 33.1. The normalized spacial score (nSPS) is 13.7. The van der Waals surface area contributed by atoms with Crippen molar-refractivity contribution in [2.24, 2.45) is 0 Å². The second-order valence-electron chi connectivity index (χ2n) is 16.0. The van der Waals surface area contributed by atoms with E-state index in [0.717, 1.165) is 32.1 Å². The van der Waals surface area contributed by atoms with Crippen molar-refractivity contribution >= 4 is 5.91 Å². The third-order valence-electron chi connectivity index (χ3n) is 10.8. The SMILES string of the molecule is CCCCCCCCCCCCCC/C=C\CCCCCCCCCCC(O)C(=O)NC(CO)C(O)/C=C/CCCCCCCCCCCCCC. The van der Waals surface area contributed by atoms with Gasteiger partial charge in [-0.05, 0) is 44.9 Å². The van der Waals surface area contributed by atoms with Gasteiger partial charge in [0, 0.05) is 0 Å². The number of carbonyl (C=O) groups is 1. The summed E-state index contributed by atoms with van der Waals surface area (Å²) in [6, 6.07) is -0.796. The van der Waals surface area contributed by atoms with Crippen LogP contribution in [0.1, 0.15) is 245 Å². The Balaban J connectivity index is 3.62. The molecule has 3 unspecified atom stereocenters. The molecule has 0 saturated heterocycles. The van der Waals surface area contributed by atoms with Gasteiger partial charge in [-0.2, -0.15) is 0 Å². The first kappa shape index (κ1) is 50.8. The summed E-state index contributed by atoms with van der Waals surface area (Å²) in [4.78, 5) is 12.5. The number of unbranched alkanes of at least 4 members (excludes halogenated alkanes) is 32. The predicted octanol–water partition coefficient (Wildman–Crippen LogP) is 13.4. The summed E-state index contributed by atoms with van der Waals surface area (Å²) in [6.07, 6.45) is 52.2. The number of carbonyl (C=O) groups excluding carboxylic acids is 1. The third-order valence-corrected chi connectivity index (χ3v) is 10.8. The van der Waals surface area contributed by atoms with Gasteiger partial charge in [-0.3, -0.25) is 4.79 Å². The minimum atomic E-state index is -1.10. The Bertz CT molecular complexity index is 768. The Morgan fingerprint density at radius 3 is 1.12 bits per heavy atom. The Kier molecular flexibility index (Phi) is 41.6. The van der Waals surface area contributed by atoms with Crippen LogP contribution in [-0.2, 0) is 4.79 Å². The van der Waals surface area contributed by atoms with Crippen molar-refractivity contribution in [3.8, 4) is 0 Å². The highest BCUT2D eigenvalue weighted by molar-refractivity contribution is 5.80. The van der Waals surface area contributed by atoms with Crippen molar-refractivity contribution in [1.82, 2.24) is 5.32 Å². The standard InChI is InChI=1S/C47H91NO4/c1-3-5-7-9-11-13-15-17-19-20-21-22-23-24-25-26-27-28-30-32-34-36-38-40-42-46(51)47(52)48-44(43-49)45(50)41-39-37-35-33-31-29-18-16-14-12-10-8-6-4-2/h24-25,39,41,44-46,49-51H,3-23,26-38,40,42-43H2,1-2H3,(H,48,52)/b25-24-,41-39+. The van der Waals surface area contributed by atoms with Crippen LogP contribution in [0.4, 0.5) is 0 Å². The van der Waals surface area contributed by atoms with E-state index in [9.17, 15) is 20.1 Å². The minimum absolute atomic E-state index is 0.363. The zero-order valence-corrected chi connectivity index (χ0v) is 35.0. The van der Waals surface area contributed by atoms with Crippen LogP contribution in [0.15, 0.2) is 24.3 Å². The van der Waals surface area contributed by atoms with Gasteiger partial charge in [-0.25, -0.2) is 0 Å². The number of aliphatic hydroxyl groups excluding tert-OH is 3. The molecule has 0 aliphatic carbocycles. The van der Waals surface area contributed by atoms with Crippen molar-refractivity contribution in [3.05, 3.63) is 24.3 Å². The van der Waals surface area contributed by atoms with Gasteiger partial charge in [-0.1, -0.05) is 224 Å². The molecule has 4 N–H and O–H groups in total. The zero-order chi connectivity index (χ0) is 38.0. The molecule has 3 atom stereocenters. The number of hydrogen-bond acceptors (Lipinski definition) is 4. The number of amides is 1. The first-order valence-corrected chi connectivity index (χ1v) is 23.2. The summed E-state index contributed by atoms with van der Waals surface area (Å²) in [6.45, 7) is 4.19. The van der Waals surface area contributed by atoms with Crippen molar-refractivity contribution in [2.45, 2.75) is 263 Å². The molecule has 0 aliphatic heterocycles. The molecule has 308 valence electrons. The fourth-order valence-electron chi connectivity index (χ4n) is 7.12. The van der Waals surface area contributed by atoms with Crippen LogP contribution in [0.5, 0.6) is 0 Å². The second kappa shape index (κ2) is 42.6. The molecule has 0 aromatic heterocycles. The van der Waals surface area contributed by atoms with Crippen molar-refractivity contribution in [1.29, 1.82) is 0 Å². The van der Waals surface area contributed by atoms with Gasteiger partial charge < -0.3 is 20.6 Å². The van der Waals surface area contributed by atoms with E-state index < -0.39 is 24.2 Å². The van der Waals surface area contributed by atoms with Crippen LogP contribution in [0.3, 0.4) is 0 Å². The summed E-state index contributed by atoms with van der Waals surface area (Å²) >= 11 is 0. The topological polar surface area (TPSA) is 89.8 Å². The maximum atomic E-state index is 12.5. The van der Waals surface area contributed by atoms with E-state index in [1.165, 1.54) is 193 Å². The van der Waals surface area contributed by atoms with E-state index in [2.05, 4.69) is 31.3 Å². The van der Waals surface area contributed by atoms with Gasteiger partial charge in [0.2, 0.25) is 5.91 Å². The second-order valence-corrected chi connectivity index (χ2v) is 16.0. The van der Waals surface area contributed by atoms with Crippen LogP contribution in [0.25, 0.3) is 0 Å². The average molecular weight is 734 g/mol. The van der Waals surface area contributed by atoms with Gasteiger partial charge in [-0.15, -0.1) is 0 Å². The molecule has 52 heavy (non-hydrogen) atoms. The van der Waals surface area contributed by atoms with Crippen LogP contribution >= 0.6 is 0 Å². The molecule has 0 heterocycles. The molecule has 0 saturated carbocycles. The summed E-state index contributed by atoms with van der Waals surface area (Å²) in [5.41, 5.74) is 0. The van der Waals surface area contributed by atoms with E-state index in [-0.39, 0.29) is 6.61 Å². The average Bonchev–Trinajstić information content (AvgIpc) is 3.15. The lowest BCUT2D eigenvalue weighted by atomic mass is 10.0. The molecule has 0 aliphatic rings. The molecular formula is C47H91NO4. The fourth-order valence-corrected chi connectivity index (χ4v) is 7.12. The molecule has 1 amide bonds. The van der Waals surface area contributed by atoms with E-state index in [0.29, 0.717) is 6.42 Å². The molecule has 0 radical (unpaired) electrons. The Labute approximate surface area is 324 Å². The highest BCUT2D eigenvalue weighted by Gasteiger charge is 2.22. The Morgan fingerprint density at radius 2 is 0.769 bits per heavy atom. The Hall–Kier alpha value is -1.17. The van der Waals surface area contributed by atoms with E-state index in [1.807, 2.05) is 6.08 Å². The minimum Gasteiger partial charge on any atom is -0.394 e. The summed E-state index contributed by atoms with van der Waals surface area (Å²) < 4.78 is 0. The maximum Gasteiger partial charge on any atom is 0.249 e. The predicted molar refractivity (Wildman–Crippen MR) is 227 cm³/mol. The highest BCUT2D eigenvalue weighted by atomic mass is 16.3. The van der Waals surface area contributed by atoms with Crippen LogP contribution in [-0.4, -0.2) is 46.1 Å². The molecule has 0 spiro atoms. The number of rotatable bonds is 42. The quantitative estimate of drug-likeness (QED) is 0.0371. The van der Waals surface area contributed by atoms with Crippen LogP contribution < -0.4 is 5.32 Å². The number of allylic oxidation sites excluding steroid dienone is 3. The molecule has 5 heteroatoms. The lowest BCUT2D eigenvalue weighted by Gasteiger charge is -2.21. The van der Waals surface area contributed by atoms with Gasteiger partial charge in [0.05, 0.1) is 18.8 Å². The smallest absolute Gasteiger partial charge is 0.249 e. The number of nitrogens with one attached hydrogen (secondary N) is 1. The molecule has 0 bridgehead atoms. The fraction of sp³-hybridized carbons (Fsp3) is 0.894. The van der Waals surface area contributed by atoms with E-state index in [4.69, 9.17) is 0 Å². The number of hydrogen-bond donors (Lipinski definition) is 4. The first-order chi connectivity index (χ1) is 25.6. The van der Waals surface area contributed by atoms with Gasteiger partial charge >= 0.3 is 0 Å². The molecule has 5 nitrogen and oxygen atoms in total. The molecular weight excluding hydrogens is 643 g/mol. The van der Waals surface area contributed by atoms with Gasteiger partial charge in [0.15, 0.2) is 0 Å². The molecule has 0 fully saturated rings. The molecule has 0 aromatic rings. The summed E-state index contributed by atoms with van der Waals surface area (Å²) in [7, 11) is 0. The van der Waals surface area contributed by atoms with Gasteiger partial charge in [0.25, 0.3) is 0 Å². The van der Waals surface area contributed by atoms with E-state index >= 15 is 0 Å². The summed E-state index contributed by atoms with van der Waals surface area (Å²) in [5.74, 6) is -0.504. The maximum absolute atomic E-state index is 12.5. The van der Waals surface area contributed by atoms with Crippen LogP contribution in [0.2, 0.25) is 0 Å². The first-order valence-electron chi connectivity index (χ1n) is 23.2. The Morgan fingerprint density at radius 1 is 0.462 bits per heavy atom. The van der Waals surface area contributed by atoms with Crippen molar-refractivity contribution in [2.75, 3.05) is 6.61 Å². The van der Waals surface area contributed by atoms with Crippen LogP contribution in [0, 0.1) is 0 Å². The van der Waals surface area contributed by atoms with Gasteiger partial charge in [0.1, 0.15) is 6.10 Å². The zero-order valence-electron chi connectivity index (χ0n) is 35.0. The molecule has 0 rings (SSSR count). The third kappa shape index (κ3) is 37.2. The van der Waals surface area contributed by atoms with E-state index in [1.54, 1.807) is 6.08 Å². The van der Waals surface area contributed by atoms with Crippen molar-refractivity contribution < 1.29 is 20.1 Å². The largest absolute Gasteiger partial charge is 0.394 e. The lowest BCUT2D eigenvalue weighted by molar-refractivity contribution is -0.131. The monoisotopic (exact) mass is 734 g/mol. The molecule has 0 aromatic carbocycles. The highest BCUT2D eigenvalue weighted by Crippen LogP contribution is 2.15.